The van der Waals surface area contributed by atoms with Crippen molar-refractivity contribution in [2.75, 3.05) is 24.4 Å². The van der Waals surface area contributed by atoms with Crippen molar-refractivity contribution >= 4 is 32.9 Å². The summed E-state index contributed by atoms with van der Waals surface area (Å²) in [7, 11) is -2.85. The molecule has 0 unspecified atom stereocenters. The fourth-order valence-corrected chi connectivity index (χ4v) is 4.32. The largest absolute Gasteiger partial charge is 0.384 e. The fourth-order valence-electron chi connectivity index (χ4n) is 1.03. The van der Waals surface area contributed by atoms with Gasteiger partial charge in [0, 0.05) is 22.6 Å². The number of sulfone groups is 1. The van der Waals surface area contributed by atoms with Gasteiger partial charge in [-0.15, -0.1) is 11.3 Å². The number of thioether (sulfide) groups is 1. The maximum Gasteiger partial charge on any atom is 0.148 e. The molecule has 0 atom stereocenters. The van der Waals surface area contributed by atoms with Gasteiger partial charge in [-0.25, -0.2) is 8.42 Å². The number of rotatable bonds is 5. The van der Waals surface area contributed by atoms with Gasteiger partial charge in [0.25, 0.3) is 0 Å². The molecule has 1 heterocycles. The van der Waals surface area contributed by atoms with Gasteiger partial charge in [0.1, 0.15) is 16.4 Å². The predicted octanol–water partition coefficient (Wildman–Crippen LogP) is 1.37. The van der Waals surface area contributed by atoms with Gasteiger partial charge in [0.15, 0.2) is 0 Å². The Morgan fingerprint density at radius 2 is 2.24 bits per heavy atom. The molecule has 0 amide bonds. The minimum Gasteiger partial charge on any atom is -0.384 e. The van der Waals surface area contributed by atoms with Crippen LogP contribution in [0.2, 0.25) is 0 Å². The highest BCUT2D eigenvalue weighted by Gasteiger charge is 2.03. The van der Waals surface area contributed by atoms with Crippen LogP contribution >= 0.6 is 23.1 Å². The van der Waals surface area contributed by atoms with E-state index < -0.39 is 9.84 Å². The zero-order valence-electron chi connectivity index (χ0n) is 9.47. The van der Waals surface area contributed by atoms with E-state index in [0.29, 0.717) is 5.75 Å². The molecular formula is C11H14O3S3. The minimum atomic E-state index is -2.85. The van der Waals surface area contributed by atoms with Gasteiger partial charge in [-0.3, -0.25) is 0 Å². The summed E-state index contributed by atoms with van der Waals surface area (Å²) in [6, 6.07) is 3.90. The molecule has 0 aromatic carbocycles. The number of aliphatic hydroxyl groups is 1. The minimum absolute atomic E-state index is 0.129. The van der Waals surface area contributed by atoms with Crippen LogP contribution in [0.5, 0.6) is 0 Å². The molecular weight excluding hydrogens is 276 g/mol. The number of thiophene rings is 1. The Kier molecular flexibility index (Phi) is 6.06. The molecule has 1 N–H and O–H groups in total. The van der Waals surface area contributed by atoms with Crippen molar-refractivity contribution in [2.45, 2.75) is 5.75 Å². The summed E-state index contributed by atoms with van der Waals surface area (Å²) in [5, 5.41) is 8.55. The second-order valence-electron chi connectivity index (χ2n) is 3.41. The summed E-state index contributed by atoms with van der Waals surface area (Å²) in [4.78, 5) is 2.10. The van der Waals surface area contributed by atoms with Crippen LogP contribution in [0.25, 0.3) is 0 Å². The van der Waals surface area contributed by atoms with Crippen molar-refractivity contribution in [3.63, 3.8) is 0 Å². The van der Waals surface area contributed by atoms with Crippen molar-refractivity contribution in [1.29, 1.82) is 0 Å². The Morgan fingerprint density at radius 1 is 1.47 bits per heavy atom. The summed E-state index contributed by atoms with van der Waals surface area (Å²) in [6.45, 7) is -0.129. The zero-order valence-corrected chi connectivity index (χ0v) is 11.9. The topological polar surface area (TPSA) is 54.4 Å². The third-order valence-electron chi connectivity index (χ3n) is 1.80. The van der Waals surface area contributed by atoms with Crippen molar-refractivity contribution in [1.82, 2.24) is 0 Å². The fraction of sp³-hybridized carbons (Fsp3) is 0.455. The van der Waals surface area contributed by atoms with Gasteiger partial charge < -0.3 is 5.11 Å². The van der Waals surface area contributed by atoms with Crippen LogP contribution < -0.4 is 0 Å². The predicted molar refractivity (Wildman–Crippen MR) is 74.2 cm³/mol. The summed E-state index contributed by atoms with van der Waals surface area (Å²) >= 11 is 3.18. The van der Waals surface area contributed by atoms with Crippen molar-refractivity contribution in [2.24, 2.45) is 0 Å². The highest BCUT2D eigenvalue weighted by atomic mass is 32.2. The second-order valence-corrected chi connectivity index (χ2v) is 7.94. The van der Waals surface area contributed by atoms with E-state index >= 15 is 0 Å². The molecule has 0 aliphatic rings. The van der Waals surface area contributed by atoms with Gasteiger partial charge >= 0.3 is 0 Å². The SMILES string of the molecule is CS(=O)(=O)CCSCc1ccc(C#CCO)s1. The number of hydrogen-bond donors (Lipinski definition) is 1. The van der Waals surface area contributed by atoms with Gasteiger partial charge in [-0.2, -0.15) is 11.8 Å². The smallest absolute Gasteiger partial charge is 0.148 e. The molecule has 17 heavy (non-hydrogen) atoms. The first kappa shape index (κ1) is 14.6. The molecule has 6 heteroatoms. The van der Waals surface area contributed by atoms with Crippen molar-refractivity contribution in [3.05, 3.63) is 21.9 Å². The Balaban J connectivity index is 2.35. The molecule has 0 radical (unpaired) electrons. The molecule has 0 fully saturated rings. The lowest BCUT2D eigenvalue weighted by atomic mass is 10.4. The van der Waals surface area contributed by atoms with E-state index in [-0.39, 0.29) is 12.4 Å². The second kappa shape index (κ2) is 7.07. The van der Waals surface area contributed by atoms with Crippen molar-refractivity contribution in [3.8, 4) is 11.8 Å². The first-order valence-corrected chi connectivity index (χ1v) is 8.98. The lowest BCUT2D eigenvalue weighted by Crippen LogP contribution is -2.04. The molecule has 0 bridgehead atoms. The summed E-state index contributed by atoms with van der Waals surface area (Å²) in [5.74, 6) is 7.09. The highest BCUT2D eigenvalue weighted by Crippen LogP contribution is 2.21. The van der Waals surface area contributed by atoms with Gasteiger partial charge in [0.2, 0.25) is 0 Å². The standard InChI is InChI=1S/C11H14O3S3/c1-17(13,14)8-7-15-9-11-5-4-10(16-11)3-2-6-12/h4-5,12H,6-9H2,1H3. The van der Waals surface area contributed by atoms with Gasteiger partial charge in [-0.1, -0.05) is 11.8 Å². The molecule has 0 aliphatic carbocycles. The maximum absolute atomic E-state index is 10.9. The summed E-state index contributed by atoms with van der Waals surface area (Å²) < 4.78 is 21.8. The Morgan fingerprint density at radius 3 is 2.88 bits per heavy atom. The van der Waals surface area contributed by atoms with Crippen LogP contribution in [0.1, 0.15) is 9.75 Å². The van der Waals surface area contributed by atoms with E-state index in [1.54, 1.807) is 23.1 Å². The Labute approximate surface area is 110 Å². The first-order chi connectivity index (χ1) is 8.01. The molecule has 1 aromatic heterocycles. The quantitative estimate of drug-likeness (QED) is 0.657. The van der Waals surface area contributed by atoms with E-state index in [4.69, 9.17) is 5.11 Å². The molecule has 0 saturated carbocycles. The van der Waals surface area contributed by atoms with Crippen LogP contribution in [-0.2, 0) is 15.6 Å². The monoisotopic (exact) mass is 290 g/mol. The maximum atomic E-state index is 10.9. The van der Waals surface area contributed by atoms with Crippen LogP contribution in [-0.4, -0.2) is 37.9 Å². The molecule has 0 spiro atoms. The molecule has 0 saturated heterocycles. The molecule has 1 rings (SSSR count). The Hall–Kier alpha value is -0.480. The zero-order chi connectivity index (χ0) is 12.7. The average Bonchev–Trinajstić information content (AvgIpc) is 2.68. The molecule has 0 aliphatic heterocycles. The van der Waals surface area contributed by atoms with E-state index in [1.807, 2.05) is 12.1 Å². The summed E-state index contributed by atoms with van der Waals surface area (Å²) in [5.41, 5.74) is 0. The first-order valence-electron chi connectivity index (χ1n) is 4.95. The van der Waals surface area contributed by atoms with Crippen LogP contribution in [0, 0.1) is 11.8 Å². The number of aliphatic hydroxyl groups excluding tert-OH is 1. The van der Waals surface area contributed by atoms with Crippen molar-refractivity contribution < 1.29 is 13.5 Å². The van der Waals surface area contributed by atoms with Crippen LogP contribution in [0.4, 0.5) is 0 Å². The van der Waals surface area contributed by atoms with E-state index in [1.165, 1.54) is 11.1 Å². The lowest BCUT2D eigenvalue weighted by Gasteiger charge is -1.97. The van der Waals surface area contributed by atoms with E-state index in [0.717, 1.165) is 10.6 Å². The van der Waals surface area contributed by atoms with Crippen LogP contribution in [0.15, 0.2) is 12.1 Å². The molecule has 3 nitrogen and oxygen atoms in total. The number of hydrogen-bond acceptors (Lipinski definition) is 5. The molecule has 1 aromatic rings. The van der Waals surface area contributed by atoms with Gasteiger partial charge in [-0.05, 0) is 12.1 Å². The van der Waals surface area contributed by atoms with Crippen LogP contribution in [0.3, 0.4) is 0 Å². The third-order valence-corrected chi connectivity index (χ3v) is 5.19. The van der Waals surface area contributed by atoms with E-state index in [9.17, 15) is 8.42 Å². The van der Waals surface area contributed by atoms with E-state index in [2.05, 4.69) is 11.8 Å². The van der Waals surface area contributed by atoms with Gasteiger partial charge in [0.05, 0.1) is 10.6 Å². The molecule has 94 valence electrons. The summed E-state index contributed by atoms with van der Waals surface area (Å²) in [6.07, 6.45) is 1.25. The highest BCUT2D eigenvalue weighted by molar-refractivity contribution is 8.00. The normalized spacial score (nSPS) is 10.9. The average molecular weight is 290 g/mol. The third kappa shape index (κ3) is 6.74. The lowest BCUT2D eigenvalue weighted by molar-refractivity contribution is 0.350. The Bertz CT molecular complexity index is 506.